The molecule has 0 aliphatic heterocycles. The van der Waals surface area contributed by atoms with E-state index in [1.165, 1.54) is 0 Å². The summed E-state index contributed by atoms with van der Waals surface area (Å²) in [4.78, 5) is 12.3. The summed E-state index contributed by atoms with van der Waals surface area (Å²) in [7, 11) is 1.76. The van der Waals surface area contributed by atoms with Crippen molar-refractivity contribution in [1.82, 2.24) is 9.78 Å². The van der Waals surface area contributed by atoms with Crippen molar-refractivity contribution in [3.05, 3.63) is 47.2 Å². The summed E-state index contributed by atoms with van der Waals surface area (Å²) in [6.45, 7) is 1.66. The number of aliphatic hydroxyl groups excluding tert-OH is 1. The van der Waals surface area contributed by atoms with Gasteiger partial charge in [-0.05, 0) is 24.6 Å². The Balaban J connectivity index is 2.27. The second-order valence-electron chi connectivity index (χ2n) is 4.28. The van der Waals surface area contributed by atoms with E-state index in [0.717, 1.165) is 5.56 Å². The molecule has 0 radical (unpaired) electrons. The molecule has 2 N–H and O–H groups in total. The Bertz CT molecular complexity index is 693. The summed E-state index contributed by atoms with van der Waals surface area (Å²) in [5.41, 5.74) is 2.11. The Kier molecular flexibility index (Phi) is 4.18. The Hall–Kier alpha value is -2.58. The Morgan fingerprint density at radius 2 is 2.25 bits per heavy atom. The number of amides is 1. The van der Waals surface area contributed by atoms with E-state index in [-0.39, 0.29) is 12.5 Å². The number of nitrogens with one attached hydrogen (secondary N) is 1. The zero-order chi connectivity index (χ0) is 14.5. The molecule has 2 rings (SSSR count). The summed E-state index contributed by atoms with van der Waals surface area (Å²) >= 11 is 0. The first kappa shape index (κ1) is 13.8. The van der Waals surface area contributed by atoms with E-state index in [1.54, 1.807) is 30.1 Å². The van der Waals surface area contributed by atoms with Crippen LogP contribution in [-0.2, 0) is 7.05 Å². The van der Waals surface area contributed by atoms with Crippen molar-refractivity contribution in [2.75, 3.05) is 11.9 Å². The minimum absolute atomic E-state index is 0.204. The first-order valence-corrected chi connectivity index (χ1v) is 6.11. The molecule has 102 valence electrons. The van der Waals surface area contributed by atoms with Crippen LogP contribution in [0, 0.1) is 18.8 Å². The van der Waals surface area contributed by atoms with E-state index in [1.807, 2.05) is 19.1 Å². The number of nitrogens with zero attached hydrogens (tertiary/aromatic N) is 2. The molecule has 0 bridgehead atoms. The summed E-state index contributed by atoms with van der Waals surface area (Å²) in [5, 5.41) is 15.5. The number of aryl methyl sites for hydroxylation is 2. The maximum atomic E-state index is 12.3. The monoisotopic (exact) mass is 269 g/mol. The SMILES string of the molecule is Cc1ccc(C#CCO)cc1C(=O)Nc1ccnn1C. The number of aromatic nitrogens is 2. The predicted octanol–water partition coefficient (Wildman–Crippen LogP) is 1.32. The average molecular weight is 269 g/mol. The van der Waals surface area contributed by atoms with Gasteiger partial charge in [0.05, 0.1) is 6.20 Å². The molecule has 0 aliphatic rings. The second-order valence-corrected chi connectivity index (χ2v) is 4.28. The van der Waals surface area contributed by atoms with Gasteiger partial charge in [0.25, 0.3) is 5.91 Å². The average Bonchev–Trinajstić information content (AvgIpc) is 2.83. The van der Waals surface area contributed by atoms with Crippen LogP contribution >= 0.6 is 0 Å². The highest BCUT2D eigenvalue weighted by molar-refractivity contribution is 6.05. The molecule has 0 fully saturated rings. The number of aliphatic hydroxyl groups is 1. The molecule has 1 aromatic carbocycles. The number of hydrogen-bond donors (Lipinski definition) is 2. The van der Waals surface area contributed by atoms with Gasteiger partial charge in [-0.3, -0.25) is 9.48 Å². The van der Waals surface area contributed by atoms with Gasteiger partial charge in [0.15, 0.2) is 0 Å². The van der Waals surface area contributed by atoms with E-state index < -0.39 is 0 Å². The largest absolute Gasteiger partial charge is 0.384 e. The molecule has 5 heteroatoms. The van der Waals surface area contributed by atoms with Crippen molar-refractivity contribution >= 4 is 11.7 Å². The fraction of sp³-hybridized carbons (Fsp3) is 0.200. The third kappa shape index (κ3) is 3.05. The molecule has 0 spiro atoms. The van der Waals surface area contributed by atoms with Crippen LogP contribution in [0.1, 0.15) is 21.5 Å². The number of rotatable bonds is 2. The van der Waals surface area contributed by atoms with Gasteiger partial charge in [0, 0.05) is 24.2 Å². The summed E-state index contributed by atoms with van der Waals surface area (Å²) < 4.78 is 1.59. The van der Waals surface area contributed by atoms with Gasteiger partial charge in [-0.1, -0.05) is 17.9 Å². The fourth-order valence-electron chi connectivity index (χ4n) is 1.77. The van der Waals surface area contributed by atoms with Gasteiger partial charge in [-0.25, -0.2) is 0 Å². The van der Waals surface area contributed by atoms with Crippen LogP contribution in [0.5, 0.6) is 0 Å². The van der Waals surface area contributed by atoms with Crippen molar-refractivity contribution < 1.29 is 9.90 Å². The van der Waals surface area contributed by atoms with Gasteiger partial charge >= 0.3 is 0 Å². The van der Waals surface area contributed by atoms with E-state index in [0.29, 0.717) is 16.9 Å². The van der Waals surface area contributed by atoms with Crippen molar-refractivity contribution in [2.45, 2.75) is 6.92 Å². The molecule has 0 aliphatic carbocycles. The number of hydrogen-bond acceptors (Lipinski definition) is 3. The standard InChI is InChI=1S/C15H15N3O2/c1-11-5-6-12(4-3-9-19)10-13(11)15(20)17-14-7-8-16-18(14)2/h5-8,10,19H,9H2,1-2H3,(H,17,20). The molecule has 20 heavy (non-hydrogen) atoms. The fourth-order valence-corrected chi connectivity index (χ4v) is 1.77. The highest BCUT2D eigenvalue weighted by atomic mass is 16.2. The van der Waals surface area contributed by atoms with Crippen molar-refractivity contribution in [3.63, 3.8) is 0 Å². The molecule has 2 aromatic rings. The molecule has 1 heterocycles. The number of benzene rings is 1. The van der Waals surface area contributed by atoms with Gasteiger partial charge < -0.3 is 10.4 Å². The lowest BCUT2D eigenvalue weighted by atomic mass is 10.0. The van der Waals surface area contributed by atoms with Crippen LogP contribution < -0.4 is 5.32 Å². The van der Waals surface area contributed by atoms with E-state index in [2.05, 4.69) is 22.3 Å². The quantitative estimate of drug-likeness (QED) is 0.808. The Morgan fingerprint density at radius 3 is 2.90 bits per heavy atom. The van der Waals surface area contributed by atoms with Crippen LogP contribution in [-0.4, -0.2) is 27.4 Å². The van der Waals surface area contributed by atoms with E-state index in [9.17, 15) is 4.79 Å². The summed E-state index contributed by atoms with van der Waals surface area (Å²) in [5.74, 6) is 5.77. The zero-order valence-electron chi connectivity index (χ0n) is 11.3. The molecule has 0 atom stereocenters. The highest BCUT2D eigenvalue weighted by Gasteiger charge is 2.11. The van der Waals surface area contributed by atoms with Crippen LogP contribution in [0.3, 0.4) is 0 Å². The smallest absolute Gasteiger partial charge is 0.257 e. The first-order chi connectivity index (χ1) is 9.61. The van der Waals surface area contributed by atoms with Crippen LogP contribution in [0.2, 0.25) is 0 Å². The van der Waals surface area contributed by atoms with Gasteiger partial charge in [0.2, 0.25) is 0 Å². The minimum Gasteiger partial charge on any atom is -0.384 e. The summed E-state index contributed by atoms with van der Waals surface area (Å²) in [6, 6.07) is 7.09. The lowest BCUT2D eigenvalue weighted by Crippen LogP contribution is -2.16. The van der Waals surface area contributed by atoms with Gasteiger partial charge in [-0.15, -0.1) is 0 Å². The van der Waals surface area contributed by atoms with Gasteiger partial charge in [0.1, 0.15) is 12.4 Å². The zero-order valence-corrected chi connectivity index (χ0v) is 11.3. The number of anilines is 1. The first-order valence-electron chi connectivity index (χ1n) is 6.11. The molecule has 0 saturated heterocycles. The number of carbonyl (C=O) groups is 1. The topological polar surface area (TPSA) is 67.2 Å². The maximum Gasteiger partial charge on any atom is 0.257 e. The molecule has 0 unspecified atom stereocenters. The van der Waals surface area contributed by atoms with Crippen LogP contribution in [0.4, 0.5) is 5.82 Å². The lowest BCUT2D eigenvalue weighted by Gasteiger charge is -2.08. The predicted molar refractivity (Wildman–Crippen MR) is 76.3 cm³/mol. The van der Waals surface area contributed by atoms with Crippen molar-refractivity contribution in [2.24, 2.45) is 7.05 Å². The normalized spacial score (nSPS) is 9.75. The highest BCUT2D eigenvalue weighted by Crippen LogP contribution is 2.13. The van der Waals surface area contributed by atoms with Crippen molar-refractivity contribution in [3.8, 4) is 11.8 Å². The van der Waals surface area contributed by atoms with E-state index >= 15 is 0 Å². The minimum atomic E-state index is -0.209. The third-order valence-corrected chi connectivity index (χ3v) is 2.86. The Labute approximate surface area is 117 Å². The lowest BCUT2D eigenvalue weighted by molar-refractivity contribution is 0.102. The van der Waals surface area contributed by atoms with Gasteiger partial charge in [-0.2, -0.15) is 5.10 Å². The van der Waals surface area contributed by atoms with Crippen LogP contribution in [0.15, 0.2) is 30.5 Å². The molecule has 5 nitrogen and oxygen atoms in total. The molecular weight excluding hydrogens is 254 g/mol. The maximum absolute atomic E-state index is 12.3. The molecular formula is C15H15N3O2. The number of carbonyl (C=O) groups excluding carboxylic acids is 1. The third-order valence-electron chi connectivity index (χ3n) is 2.86. The Morgan fingerprint density at radius 1 is 1.45 bits per heavy atom. The molecule has 1 amide bonds. The van der Waals surface area contributed by atoms with E-state index in [4.69, 9.17) is 5.11 Å². The summed E-state index contributed by atoms with van der Waals surface area (Å²) in [6.07, 6.45) is 1.62. The second kappa shape index (κ2) is 6.04. The van der Waals surface area contributed by atoms with Crippen LogP contribution in [0.25, 0.3) is 0 Å². The molecule has 0 saturated carbocycles. The van der Waals surface area contributed by atoms with Crippen molar-refractivity contribution in [1.29, 1.82) is 0 Å². The molecule has 1 aromatic heterocycles.